The van der Waals surface area contributed by atoms with E-state index in [4.69, 9.17) is 16.3 Å². The molecule has 3 aromatic rings. The van der Waals surface area contributed by atoms with Gasteiger partial charge in [-0.3, -0.25) is 19.6 Å². The van der Waals surface area contributed by atoms with Crippen LogP contribution in [0.1, 0.15) is 16.1 Å². The summed E-state index contributed by atoms with van der Waals surface area (Å²) >= 11 is 5.72. The predicted molar refractivity (Wildman–Crippen MR) is 100 cm³/mol. The first-order valence-electron chi connectivity index (χ1n) is 7.96. The minimum absolute atomic E-state index is 0.0528. The molecule has 28 heavy (non-hydrogen) atoms. The molecule has 1 N–H and O–H groups in total. The van der Waals surface area contributed by atoms with Crippen molar-refractivity contribution in [3.63, 3.8) is 0 Å². The largest absolute Gasteiger partial charge is 0.452 e. The highest BCUT2D eigenvalue weighted by molar-refractivity contribution is 6.32. The Morgan fingerprint density at radius 2 is 2.11 bits per heavy atom. The van der Waals surface area contributed by atoms with Gasteiger partial charge in [-0.1, -0.05) is 11.6 Å². The van der Waals surface area contributed by atoms with E-state index in [1.807, 2.05) is 0 Å². The van der Waals surface area contributed by atoms with E-state index >= 15 is 0 Å². The molecule has 0 fully saturated rings. The molecule has 0 saturated heterocycles. The van der Waals surface area contributed by atoms with Crippen molar-refractivity contribution in [2.24, 2.45) is 7.05 Å². The number of amides is 1. The minimum Gasteiger partial charge on any atom is -0.452 e. The molecule has 1 aromatic carbocycles. The van der Waals surface area contributed by atoms with Gasteiger partial charge in [0.1, 0.15) is 5.02 Å². The summed E-state index contributed by atoms with van der Waals surface area (Å²) in [6.45, 7) is 1.22. The van der Waals surface area contributed by atoms with Crippen LogP contribution in [-0.4, -0.2) is 38.2 Å². The van der Waals surface area contributed by atoms with E-state index in [2.05, 4.69) is 15.4 Å². The van der Waals surface area contributed by atoms with E-state index in [0.717, 1.165) is 6.07 Å². The average molecular weight is 404 g/mol. The van der Waals surface area contributed by atoms with Gasteiger partial charge in [0.2, 0.25) is 0 Å². The van der Waals surface area contributed by atoms with Gasteiger partial charge in [-0.15, -0.1) is 0 Å². The van der Waals surface area contributed by atoms with E-state index in [9.17, 15) is 19.7 Å². The molecule has 0 aliphatic heterocycles. The van der Waals surface area contributed by atoms with E-state index in [1.165, 1.54) is 18.3 Å². The van der Waals surface area contributed by atoms with E-state index in [1.54, 1.807) is 24.7 Å². The van der Waals surface area contributed by atoms with Crippen molar-refractivity contribution in [2.75, 3.05) is 11.9 Å². The Balaban J connectivity index is 1.64. The number of carbonyl (C=O) groups is 2. The van der Waals surface area contributed by atoms with Gasteiger partial charge in [-0.25, -0.2) is 9.78 Å². The van der Waals surface area contributed by atoms with Gasteiger partial charge >= 0.3 is 5.97 Å². The molecule has 10 nitrogen and oxygen atoms in total. The van der Waals surface area contributed by atoms with Crippen molar-refractivity contribution < 1.29 is 19.2 Å². The number of carbonyl (C=O) groups excluding carboxylic acids is 2. The van der Waals surface area contributed by atoms with Gasteiger partial charge < -0.3 is 10.1 Å². The highest BCUT2D eigenvalue weighted by atomic mass is 35.5. The van der Waals surface area contributed by atoms with Crippen LogP contribution < -0.4 is 5.32 Å². The van der Waals surface area contributed by atoms with Crippen LogP contribution in [0.5, 0.6) is 0 Å². The number of nitro groups is 1. The van der Waals surface area contributed by atoms with Crippen molar-refractivity contribution in [3.05, 3.63) is 56.9 Å². The normalized spacial score (nSPS) is 10.7. The average Bonchev–Trinajstić information content (AvgIpc) is 2.94. The summed E-state index contributed by atoms with van der Waals surface area (Å²) in [6.07, 6.45) is 1.34. The lowest BCUT2D eigenvalue weighted by atomic mass is 10.2. The molecule has 0 bridgehead atoms. The number of pyridine rings is 1. The predicted octanol–water partition coefficient (Wildman–Crippen LogP) is 2.63. The Morgan fingerprint density at radius 3 is 2.82 bits per heavy atom. The molecule has 0 aliphatic carbocycles. The minimum atomic E-state index is -0.727. The van der Waals surface area contributed by atoms with Crippen LogP contribution in [0.25, 0.3) is 11.0 Å². The van der Waals surface area contributed by atoms with Crippen LogP contribution in [0.4, 0.5) is 11.4 Å². The first-order valence-corrected chi connectivity index (χ1v) is 8.34. The summed E-state index contributed by atoms with van der Waals surface area (Å²) in [4.78, 5) is 38.5. The van der Waals surface area contributed by atoms with Gasteiger partial charge in [0.05, 0.1) is 16.2 Å². The van der Waals surface area contributed by atoms with Crippen LogP contribution in [0, 0.1) is 17.0 Å². The molecule has 0 atom stereocenters. The fourth-order valence-electron chi connectivity index (χ4n) is 2.56. The lowest BCUT2D eigenvalue weighted by Gasteiger charge is -2.07. The standard InChI is InChI=1S/C17H14ClN5O5/c1-9-12-5-10(7-19-16(12)22(2)21-9)17(25)28-8-15(24)20-11-3-4-13(18)14(6-11)23(26)27/h3-7H,8H2,1-2H3,(H,20,24). The first-order chi connectivity index (χ1) is 13.3. The van der Waals surface area contributed by atoms with Crippen LogP contribution in [-0.2, 0) is 16.6 Å². The van der Waals surface area contributed by atoms with E-state index < -0.39 is 23.4 Å². The Labute approximate surface area is 163 Å². The first kappa shape index (κ1) is 19.2. The van der Waals surface area contributed by atoms with Crippen LogP contribution in [0.2, 0.25) is 5.02 Å². The molecule has 2 aromatic heterocycles. The molecule has 1 amide bonds. The quantitative estimate of drug-likeness (QED) is 0.393. The number of nitro benzene ring substituents is 1. The number of aryl methyl sites for hydroxylation is 2. The molecule has 2 heterocycles. The maximum absolute atomic E-state index is 12.2. The number of halogens is 1. The number of nitrogens with zero attached hydrogens (tertiary/aromatic N) is 4. The molecule has 0 aliphatic rings. The second-order valence-corrected chi connectivity index (χ2v) is 6.26. The van der Waals surface area contributed by atoms with E-state index in [0.29, 0.717) is 16.7 Å². The second kappa shape index (κ2) is 7.61. The maximum Gasteiger partial charge on any atom is 0.340 e. The van der Waals surface area contributed by atoms with Gasteiger partial charge in [-0.05, 0) is 25.1 Å². The maximum atomic E-state index is 12.2. The molecular weight excluding hydrogens is 390 g/mol. The lowest BCUT2D eigenvalue weighted by Crippen LogP contribution is -2.21. The molecule has 144 valence electrons. The molecule has 0 saturated carbocycles. The number of benzene rings is 1. The second-order valence-electron chi connectivity index (χ2n) is 5.85. The van der Waals surface area contributed by atoms with Crippen molar-refractivity contribution in [1.82, 2.24) is 14.8 Å². The number of aromatic nitrogens is 3. The summed E-state index contributed by atoms with van der Waals surface area (Å²) in [6, 6.07) is 5.40. The van der Waals surface area contributed by atoms with Crippen LogP contribution in [0.15, 0.2) is 30.5 Å². The molecular formula is C17H14ClN5O5. The van der Waals surface area contributed by atoms with Crippen LogP contribution in [0.3, 0.4) is 0 Å². The smallest absolute Gasteiger partial charge is 0.340 e. The van der Waals surface area contributed by atoms with E-state index in [-0.39, 0.29) is 22.0 Å². The highest BCUT2D eigenvalue weighted by Gasteiger charge is 2.16. The summed E-state index contributed by atoms with van der Waals surface area (Å²) in [5, 5.41) is 18.2. The zero-order chi connectivity index (χ0) is 20.4. The lowest BCUT2D eigenvalue weighted by molar-refractivity contribution is -0.384. The SMILES string of the molecule is Cc1nn(C)c2ncc(C(=O)OCC(=O)Nc3ccc(Cl)c([N+](=O)[O-])c3)cc12. The van der Waals surface area contributed by atoms with Gasteiger partial charge in [0, 0.05) is 30.4 Å². The number of hydrogen-bond acceptors (Lipinski definition) is 7. The van der Waals surface area contributed by atoms with Crippen molar-refractivity contribution in [1.29, 1.82) is 0 Å². The number of hydrogen-bond donors (Lipinski definition) is 1. The molecule has 0 spiro atoms. The van der Waals surface area contributed by atoms with Gasteiger partial charge in [-0.2, -0.15) is 5.10 Å². The number of nitrogens with one attached hydrogen (secondary N) is 1. The third-order valence-electron chi connectivity index (χ3n) is 3.86. The summed E-state index contributed by atoms with van der Waals surface area (Å²) in [5.74, 6) is -1.38. The fraction of sp³-hybridized carbons (Fsp3) is 0.176. The van der Waals surface area contributed by atoms with Gasteiger partial charge in [0.25, 0.3) is 11.6 Å². The zero-order valence-electron chi connectivity index (χ0n) is 14.8. The number of ether oxygens (including phenoxy) is 1. The number of esters is 1. The third-order valence-corrected chi connectivity index (χ3v) is 4.18. The highest BCUT2D eigenvalue weighted by Crippen LogP contribution is 2.27. The molecule has 11 heteroatoms. The van der Waals surface area contributed by atoms with Crippen LogP contribution >= 0.6 is 11.6 Å². The van der Waals surface area contributed by atoms with Crippen molar-refractivity contribution >= 4 is 45.9 Å². The molecule has 3 rings (SSSR count). The summed E-state index contributed by atoms with van der Waals surface area (Å²) in [7, 11) is 1.74. The third kappa shape index (κ3) is 3.91. The zero-order valence-corrected chi connectivity index (χ0v) is 15.6. The summed E-state index contributed by atoms with van der Waals surface area (Å²) in [5.41, 5.74) is 1.32. The number of rotatable bonds is 5. The topological polar surface area (TPSA) is 129 Å². The van der Waals surface area contributed by atoms with Crippen molar-refractivity contribution in [2.45, 2.75) is 6.92 Å². The summed E-state index contributed by atoms with van der Waals surface area (Å²) < 4.78 is 6.58. The monoisotopic (exact) mass is 403 g/mol. The Kier molecular flexibility index (Phi) is 5.23. The van der Waals surface area contributed by atoms with Gasteiger partial charge in [0.15, 0.2) is 12.3 Å². The Morgan fingerprint density at radius 1 is 1.36 bits per heavy atom. The van der Waals surface area contributed by atoms with Crippen molar-refractivity contribution in [3.8, 4) is 0 Å². The Bertz CT molecular complexity index is 1110. The molecule has 0 radical (unpaired) electrons. The number of fused-ring (bicyclic) bond motifs is 1. The number of anilines is 1. The fourth-order valence-corrected chi connectivity index (χ4v) is 2.75. The molecule has 0 unspecified atom stereocenters. The Hall–Kier alpha value is -3.53.